The molecule has 0 aliphatic carbocycles. The van der Waals surface area contributed by atoms with Gasteiger partial charge >= 0.3 is 11.8 Å². The Morgan fingerprint density at radius 3 is 2.45 bits per heavy atom. The van der Waals surface area contributed by atoms with Crippen LogP contribution in [0.5, 0.6) is 0 Å². The van der Waals surface area contributed by atoms with Gasteiger partial charge in [0.15, 0.2) is 0 Å². The highest BCUT2D eigenvalue weighted by atomic mass is 16.3. The normalized spacial score (nSPS) is 10.2. The molecule has 3 rings (SSSR count). The maximum Gasteiger partial charge on any atom is 0.313 e. The van der Waals surface area contributed by atoms with Crippen molar-refractivity contribution in [1.29, 1.82) is 0 Å². The van der Waals surface area contributed by atoms with Crippen molar-refractivity contribution >= 4 is 23.4 Å². The number of nitrogens with one attached hydrogen (secondary N) is 3. The summed E-state index contributed by atoms with van der Waals surface area (Å²) in [6.45, 7) is 2.43. The number of para-hydroxylation sites is 1. The Labute approximate surface area is 168 Å². The van der Waals surface area contributed by atoms with E-state index in [1.807, 2.05) is 31.2 Å². The number of carbonyl (C=O) groups is 3. The van der Waals surface area contributed by atoms with Gasteiger partial charge in [0.2, 0.25) is 0 Å². The third-order valence-electron chi connectivity index (χ3n) is 4.16. The monoisotopic (exact) mass is 391 g/mol. The van der Waals surface area contributed by atoms with Crippen LogP contribution in [0, 0.1) is 6.92 Å². The van der Waals surface area contributed by atoms with Crippen molar-refractivity contribution in [2.24, 2.45) is 0 Å². The molecule has 7 nitrogen and oxygen atoms in total. The van der Waals surface area contributed by atoms with Crippen molar-refractivity contribution in [3.63, 3.8) is 0 Å². The van der Waals surface area contributed by atoms with Crippen LogP contribution in [0.2, 0.25) is 0 Å². The highest BCUT2D eigenvalue weighted by molar-refractivity contribution is 6.40. The van der Waals surface area contributed by atoms with E-state index in [-0.39, 0.29) is 23.7 Å². The predicted molar refractivity (Wildman–Crippen MR) is 108 cm³/mol. The molecule has 1 aromatic heterocycles. The van der Waals surface area contributed by atoms with Crippen molar-refractivity contribution in [2.75, 3.05) is 5.32 Å². The van der Waals surface area contributed by atoms with Crippen LogP contribution < -0.4 is 16.0 Å². The first kappa shape index (κ1) is 19.9. The minimum Gasteiger partial charge on any atom is -0.467 e. The number of hydrogen-bond acceptors (Lipinski definition) is 4. The van der Waals surface area contributed by atoms with E-state index >= 15 is 0 Å². The summed E-state index contributed by atoms with van der Waals surface area (Å²) in [6.07, 6.45) is 1.48. The van der Waals surface area contributed by atoms with E-state index in [1.54, 1.807) is 36.4 Å². The summed E-state index contributed by atoms with van der Waals surface area (Å²) < 4.78 is 5.10. The average Bonchev–Trinajstić information content (AvgIpc) is 3.24. The van der Waals surface area contributed by atoms with Crippen LogP contribution in [0.3, 0.4) is 0 Å². The molecule has 7 heteroatoms. The van der Waals surface area contributed by atoms with Crippen molar-refractivity contribution in [3.8, 4) is 0 Å². The Morgan fingerprint density at radius 2 is 1.69 bits per heavy atom. The third-order valence-corrected chi connectivity index (χ3v) is 4.16. The minimum absolute atomic E-state index is 0.0951. The molecule has 3 N–H and O–H groups in total. The number of rotatable bonds is 6. The molecule has 0 aliphatic heterocycles. The van der Waals surface area contributed by atoms with E-state index < -0.39 is 11.8 Å². The van der Waals surface area contributed by atoms with Crippen molar-refractivity contribution < 1.29 is 18.8 Å². The molecule has 3 aromatic rings. The molecular formula is C22H21N3O4. The SMILES string of the molecule is Cc1cccc(CNC(=O)c2ccccc2NC(=O)C(=O)NCc2ccco2)c1. The number of benzene rings is 2. The second-order valence-corrected chi connectivity index (χ2v) is 6.43. The van der Waals surface area contributed by atoms with E-state index in [1.165, 1.54) is 6.26 Å². The summed E-state index contributed by atoms with van der Waals surface area (Å²) in [6, 6.07) is 17.7. The molecule has 0 atom stereocenters. The Morgan fingerprint density at radius 1 is 0.862 bits per heavy atom. The first-order valence-electron chi connectivity index (χ1n) is 9.07. The second-order valence-electron chi connectivity index (χ2n) is 6.43. The van der Waals surface area contributed by atoms with Crippen molar-refractivity contribution in [3.05, 3.63) is 89.4 Å². The average molecular weight is 391 g/mol. The first-order valence-corrected chi connectivity index (χ1v) is 9.07. The molecule has 0 saturated carbocycles. The van der Waals surface area contributed by atoms with E-state index in [2.05, 4.69) is 16.0 Å². The molecule has 0 unspecified atom stereocenters. The zero-order valence-electron chi connectivity index (χ0n) is 15.9. The third kappa shape index (κ3) is 5.55. The van der Waals surface area contributed by atoms with Crippen LogP contribution in [-0.4, -0.2) is 17.7 Å². The van der Waals surface area contributed by atoms with Gasteiger partial charge in [-0.2, -0.15) is 0 Å². The molecule has 148 valence electrons. The Kier molecular flexibility index (Phi) is 6.42. The lowest BCUT2D eigenvalue weighted by Crippen LogP contribution is -2.35. The standard InChI is InChI=1S/C22H21N3O4/c1-15-6-4-7-16(12-15)13-23-20(26)18-9-2-3-10-19(18)25-22(28)21(27)24-14-17-8-5-11-29-17/h2-12H,13-14H2,1H3,(H,23,26)(H,24,27)(H,25,28). The smallest absolute Gasteiger partial charge is 0.313 e. The predicted octanol–water partition coefficient (Wildman–Crippen LogP) is 2.77. The lowest BCUT2D eigenvalue weighted by atomic mass is 10.1. The fourth-order valence-corrected chi connectivity index (χ4v) is 2.73. The molecule has 0 saturated heterocycles. The lowest BCUT2D eigenvalue weighted by Gasteiger charge is -2.11. The molecule has 3 amide bonds. The highest BCUT2D eigenvalue weighted by Gasteiger charge is 2.18. The van der Waals surface area contributed by atoms with Crippen molar-refractivity contribution in [1.82, 2.24) is 10.6 Å². The van der Waals surface area contributed by atoms with Gasteiger partial charge in [-0.05, 0) is 36.8 Å². The van der Waals surface area contributed by atoms with Crippen molar-refractivity contribution in [2.45, 2.75) is 20.0 Å². The molecule has 1 heterocycles. The molecule has 0 radical (unpaired) electrons. The number of aryl methyl sites for hydroxylation is 1. The summed E-state index contributed by atoms with van der Waals surface area (Å²) in [7, 11) is 0. The van der Waals surface area contributed by atoms with E-state index in [4.69, 9.17) is 4.42 Å². The fourth-order valence-electron chi connectivity index (χ4n) is 2.73. The number of anilines is 1. The molecule has 0 aliphatic rings. The zero-order chi connectivity index (χ0) is 20.6. The molecule has 2 aromatic carbocycles. The maximum atomic E-state index is 12.6. The molecule has 29 heavy (non-hydrogen) atoms. The quantitative estimate of drug-likeness (QED) is 0.563. The molecular weight excluding hydrogens is 370 g/mol. The number of amides is 3. The van der Waals surface area contributed by atoms with Gasteiger partial charge in [-0.25, -0.2) is 0 Å². The van der Waals surface area contributed by atoms with Gasteiger partial charge in [-0.3, -0.25) is 14.4 Å². The summed E-state index contributed by atoms with van der Waals surface area (Å²) in [4.78, 5) is 36.8. The van der Waals surface area contributed by atoms with E-state index in [0.29, 0.717) is 12.3 Å². The van der Waals surface area contributed by atoms with Gasteiger partial charge in [0.05, 0.1) is 24.1 Å². The minimum atomic E-state index is -0.865. The van der Waals surface area contributed by atoms with Crippen LogP contribution in [0.15, 0.2) is 71.3 Å². The van der Waals surface area contributed by atoms with Crippen LogP contribution >= 0.6 is 0 Å². The van der Waals surface area contributed by atoms with Gasteiger partial charge in [0, 0.05) is 6.54 Å². The van der Waals surface area contributed by atoms with Crippen LogP contribution in [-0.2, 0) is 22.7 Å². The summed E-state index contributed by atoms with van der Waals surface area (Å²) in [5.74, 6) is -1.51. The zero-order valence-corrected chi connectivity index (χ0v) is 15.9. The van der Waals surface area contributed by atoms with E-state index in [0.717, 1.165) is 11.1 Å². The van der Waals surface area contributed by atoms with Gasteiger partial charge in [-0.15, -0.1) is 0 Å². The Balaban J connectivity index is 1.60. The first-order chi connectivity index (χ1) is 14.0. The van der Waals surface area contributed by atoms with Crippen LogP contribution in [0.4, 0.5) is 5.69 Å². The maximum absolute atomic E-state index is 12.6. The van der Waals surface area contributed by atoms with Crippen LogP contribution in [0.25, 0.3) is 0 Å². The summed E-state index contributed by atoms with van der Waals surface area (Å²) in [5, 5.41) is 7.77. The van der Waals surface area contributed by atoms with Gasteiger partial charge < -0.3 is 20.4 Å². The highest BCUT2D eigenvalue weighted by Crippen LogP contribution is 2.15. The Bertz CT molecular complexity index is 1010. The fraction of sp³-hybridized carbons (Fsp3) is 0.136. The number of carbonyl (C=O) groups excluding carboxylic acids is 3. The van der Waals surface area contributed by atoms with Crippen LogP contribution in [0.1, 0.15) is 27.2 Å². The molecule has 0 spiro atoms. The number of hydrogen-bond donors (Lipinski definition) is 3. The topological polar surface area (TPSA) is 100 Å². The molecule has 0 bridgehead atoms. The van der Waals surface area contributed by atoms with Gasteiger partial charge in [-0.1, -0.05) is 42.0 Å². The summed E-state index contributed by atoms with van der Waals surface area (Å²) in [5.41, 5.74) is 2.60. The molecule has 0 fully saturated rings. The second kappa shape index (κ2) is 9.36. The van der Waals surface area contributed by atoms with Gasteiger partial charge in [0.1, 0.15) is 5.76 Å². The summed E-state index contributed by atoms with van der Waals surface area (Å²) >= 11 is 0. The Hall–Kier alpha value is -3.87. The van der Waals surface area contributed by atoms with Gasteiger partial charge in [0.25, 0.3) is 5.91 Å². The number of furan rings is 1. The largest absolute Gasteiger partial charge is 0.467 e. The van der Waals surface area contributed by atoms with E-state index in [9.17, 15) is 14.4 Å². The lowest BCUT2D eigenvalue weighted by molar-refractivity contribution is -0.136.